The van der Waals surface area contributed by atoms with Crippen molar-refractivity contribution in [3.05, 3.63) is 12.4 Å². The summed E-state index contributed by atoms with van der Waals surface area (Å²) in [6.07, 6.45) is 7.87. The summed E-state index contributed by atoms with van der Waals surface area (Å²) in [5.41, 5.74) is -0.368. The van der Waals surface area contributed by atoms with Gasteiger partial charge in [-0.05, 0) is 25.7 Å². The minimum atomic E-state index is -0.368. The fourth-order valence-corrected chi connectivity index (χ4v) is 2.22. The van der Waals surface area contributed by atoms with E-state index >= 15 is 0 Å². The summed E-state index contributed by atoms with van der Waals surface area (Å²) in [5.74, 6) is 0.530. The monoisotopic (exact) mass is 252 g/mol. The lowest BCUT2D eigenvalue weighted by Crippen LogP contribution is -2.45. The van der Waals surface area contributed by atoms with Crippen LogP contribution in [0.3, 0.4) is 0 Å². The number of hydrogen-bond acceptors (Lipinski definition) is 4. The van der Waals surface area contributed by atoms with E-state index in [9.17, 15) is 4.79 Å². The van der Waals surface area contributed by atoms with Gasteiger partial charge in [0.1, 0.15) is 5.60 Å². The fourth-order valence-electron chi connectivity index (χ4n) is 2.22. The molecule has 18 heavy (non-hydrogen) atoms. The minimum Gasteiger partial charge on any atom is -0.483 e. The summed E-state index contributed by atoms with van der Waals surface area (Å²) in [4.78, 5) is 11.4. The van der Waals surface area contributed by atoms with Crippen molar-refractivity contribution in [3.8, 4) is 5.75 Å². The van der Waals surface area contributed by atoms with Crippen LogP contribution in [0.15, 0.2) is 12.4 Å². The van der Waals surface area contributed by atoms with Gasteiger partial charge >= 0.3 is 5.97 Å². The topological polar surface area (TPSA) is 53.4 Å². The van der Waals surface area contributed by atoms with Crippen LogP contribution < -0.4 is 4.74 Å². The van der Waals surface area contributed by atoms with Gasteiger partial charge in [-0.2, -0.15) is 5.10 Å². The second-order valence-corrected chi connectivity index (χ2v) is 4.83. The molecular weight excluding hydrogens is 232 g/mol. The largest absolute Gasteiger partial charge is 0.483 e. The molecule has 0 N–H and O–H groups in total. The van der Waals surface area contributed by atoms with Crippen LogP contribution in [0.5, 0.6) is 5.75 Å². The zero-order valence-corrected chi connectivity index (χ0v) is 11.0. The molecule has 0 bridgehead atoms. The van der Waals surface area contributed by atoms with E-state index in [1.165, 1.54) is 7.11 Å². The Morgan fingerprint density at radius 1 is 1.56 bits per heavy atom. The fraction of sp³-hybridized carbons (Fsp3) is 0.692. The highest BCUT2D eigenvalue weighted by Crippen LogP contribution is 2.39. The molecule has 1 aromatic heterocycles. The highest BCUT2D eigenvalue weighted by molar-refractivity contribution is 5.70. The van der Waals surface area contributed by atoms with Gasteiger partial charge in [-0.15, -0.1) is 0 Å². The average Bonchev–Trinajstić information content (AvgIpc) is 2.74. The van der Waals surface area contributed by atoms with Gasteiger partial charge in [-0.3, -0.25) is 9.48 Å². The maximum Gasteiger partial charge on any atom is 0.309 e. The first-order valence-electron chi connectivity index (χ1n) is 6.46. The van der Waals surface area contributed by atoms with E-state index in [2.05, 4.69) is 12.0 Å². The van der Waals surface area contributed by atoms with E-state index in [1.54, 1.807) is 6.20 Å². The van der Waals surface area contributed by atoms with E-state index in [0.29, 0.717) is 6.42 Å². The van der Waals surface area contributed by atoms with Crippen molar-refractivity contribution in [1.82, 2.24) is 9.78 Å². The van der Waals surface area contributed by atoms with Gasteiger partial charge in [-0.1, -0.05) is 6.92 Å². The maximum atomic E-state index is 11.4. The van der Waals surface area contributed by atoms with Gasteiger partial charge < -0.3 is 9.47 Å². The van der Waals surface area contributed by atoms with Crippen molar-refractivity contribution in [3.63, 3.8) is 0 Å². The van der Waals surface area contributed by atoms with Crippen LogP contribution in [0, 0.1) is 0 Å². The normalized spacial score (nSPS) is 17.0. The van der Waals surface area contributed by atoms with Crippen LogP contribution >= 0.6 is 0 Å². The molecule has 1 heterocycles. The lowest BCUT2D eigenvalue weighted by Gasteiger charge is -2.40. The number of esters is 1. The number of aromatic nitrogens is 2. The van der Waals surface area contributed by atoms with Crippen LogP contribution in [0.4, 0.5) is 0 Å². The Morgan fingerprint density at radius 3 is 2.89 bits per heavy atom. The van der Waals surface area contributed by atoms with Gasteiger partial charge in [0.15, 0.2) is 5.75 Å². The van der Waals surface area contributed by atoms with Gasteiger partial charge in [0, 0.05) is 6.54 Å². The molecule has 0 aliphatic heterocycles. The Labute approximate surface area is 107 Å². The summed E-state index contributed by atoms with van der Waals surface area (Å²) in [6, 6.07) is 0. The number of nitrogens with zero attached hydrogens (tertiary/aromatic N) is 2. The van der Waals surface area contributed by atoms with Crippen molar-refractivity contribution in [2.45, 2.75) is 51.2 Å². The molecule has 1 aromatic rings. The lowest BCUT2D eigenvalue weighted by atomic mass is 9.77. The number of aryl methyl sites for hydroxylation is 1. The van der Waals surface area contributed by atoms with Gasteiger partial charge in [0.05, 0.1) is 25.9 Å². The molecule has 2 rings (SSSR count). The Hall–Kier alpha value is -1.52. The maximum absolute atomic E-state index is 11.4. The second-order valence-electron chi connectivity index (χ2n) is 4.83. The Morgan fingerprint density at radius 2 is 2.33 bits per heavy atom. The van der Waals surface area contributed by atoms with Crippen molar-refractivity contribution in [2.24, 2.45) is 0 Å². The van der Waals surface area contributed by atoms with E-state index in [-0.39, 0.29) is 11.6 Å². The molecule has 5 nitrogen and oxygen atoms in total. The van der Waals surface area contributed by atoms with E-state index < -0.39 is 0 Å². The molecular formula is C13H20N2O3. The van der Waals surface area contributed by atoms with Gasteiger partial charge in [0.25, 0.3) is 0 Å². The quantitative estimate of drug-likeness (QED) is 0.728. The lowest BCUT2D eigenvalue weighted by molar-refractivity contribution is -0.148. The van der Waals surface area contributed by atoms with Crippen molar-refractivity contribution >= 4 is 5.97 Å². The number of carbonyl (C=O) groups is 1. The van der Waals surface area contributed by atoms with Crippen molar-refractivity contribution in [1.29, 1.82) is 0 Å². The van der Waals surface area contributed by atoms with Gasteiger partial charge in [-0.25, -0.2) is 0 Å². The molecule has 1 aliphatic rings. The molecule has 5 heteroatoms. The second kappa shape index (κ2) is 5.42. The first kappa shape index (κ1) is 12.9. The SMILES string of the molecule is CCCn1cc(OC2(CC(=O)OC)CCC2)cn1. The van der Waals surface area contributed by atoms with E-state index in [4.69, 9.17) is 9.47 Å². The van der Waals surface area contributed by atoms with E-state index in [0.717, 1.165) is 38.0 Å². The molecule has 0 amide bonds. The third kappa shape index (κ3) is 2.83. The molecule has 0 spiro atoms. The van der Waals surface area contributed by atoms with Crippen LogP contribution in [-0.4, -0.2) is 28.5 Å². The average molecular weight is 252 g/mol. The Kier molecular flexibility index (Phi) is 3.89. The smallest absolute Gasteiger partial charge is 0.309 e. The summed E-state index contributed by atoms with van der Waals surface area (Å²) in [5, 5.41) is 4.22. The molecule has 0 saturated heterocycles. The van der Waals surface area contributed by atoms with E-state index in [1.807, 2.05) is 10.9 Å². The molecule has 0 atom stereocenters. The Balaban J connectivity index is 1.98. The minimum absolute atomic E-state index is 0.212. The van der Waals surface area contributed by atoms with Crippen molar-refractivity contribution in [2.75, 3.05) is 7.11 Å². The molecule has 1 fully saturated rings. The molecule has 0 aromatic carbocycles. The zero-order valence-electron chi connectivity index (χ0n) is 11.0. The summed E-state index contributed by atoms with van der Waals surface area (Å²) >= 11 is 0. The van der Waals surface area contributed by atoms with Crippen LogP contribution in [0.2, 0.25) is 0 Å². The zero-order chi connectivity index (χ0) is 13.0. The first-order valence-corrected chi connectivity index (χ1v) is 6.46. The highest BCUT2D eigenvalue weighted by Gasteiger charge is 2.42. The number of methoxy groups -OCH3 is 1. The number of rotatable bonds is 6. The van der Waals surface area contributed by atoms with Gasteiger partial charge in [0.2, 0.25) is 0 Å². The number of hydrogen-bond donors (Lipinski definition) is 0. The van der Waals surface area contributed by atoms with Crippen LogP contribution in [0.1, 0.15) is 39.0 Å². The third-order valence-electron chi connectivity index (χ3n) is 3.36. The first-order chi connectivity index (χ1) is 8.67. The molecule has 0 radical (unpaired) electrons. The van der Waals surface area contributed by atoms with Crippen LogP contribution in [-0.2, 0) is 16.1 Å². The number of ether oxygens (including phenoxy) is 2. The summed E-state index contributed by atoms with van der Waals surface area (Å²) in [7, 11) is 1.41. The third-order valence-corrected chi connectivity index (χ3v) is 3.36. The highest BCUT2D eigenvalue weighted by atomic mass is 16.5. The standard InChI is InChI=1S/C13H20N2O3/c1-3-7-15-10-11(9-14-15)18-13(5-4-6-13)8-12(16)17-2/h9-10H,3-8H2,1-2H3. The number of carbonyl (C=O) groups excluding carboxylic acids is 1. The van der Waals surface area contributed by atoms with Crippen molar-refractivity contribution < 1.29 is 14.3 Å². The van der Waals surface area contributed by atoms with Crippen LogP contribution in [0.25, 0.3) is 0 Å². The predicted octanol–water partition coefficient (Wildman–Crippen LogP) is 2.16. The predicted molar refractivity (Wildman–Crippen MR) is 66.4 cm³/mol. The summed E-state index contributed by atoms with van der Waals surface area (Å²) < 4.78 is 12.5. The molecule has 100 valence electrons. The Bertz CT molecular complexity index is 410. The summed E-state index contributed by atoms with van der Waals surface area (Å²) in [6.45, 7) is 2.99. The molecule has 1 saturated carbocycles. The molecule has 0 unspecified atom stereocenters. The molecule has 1 aliphatic carbocycles.